The van der Waals surface area contributed by atoms with E-state index >= 15 is 0 Å². The summed E-state index contributed by atoms with van der Waals surface area (Å²) < 4.78 is 0. The van der Waals surface area contributed by atoms with Crippen molar-refractivity contribution < 1.29 is 0 Å². The molecule has 0 nitrogen and oxygen atoms in total. The van der Waals surface area contributed by atoms with E-state index in [1.165, 1.54) is 59.1 Å². The molecule has 0 aromatic heterocycles. The summed E-state index contributed by atoms with van der Waals surface area (Å²) in [7, 11) is 0. The monoisotopic (exact) mass is 366 g/mol. The van der Waals surface area contributed by atoms with Crippen LogP contribution in [0, 0.1) is 19.8 Å². The summed E-state index contributed by atoms with van der Waals surface area (Å²) >= 11 is 0. The zero-order chi connectivity index (χ0) is 19.3. The first-order chi connectivity index (χ1) is 13.7. The minimum atomic E-state index is 0.602. The van der Waals surface area contributed by atoms with E-state index in [1.807, 2.05) is 0 Å². The highest BCUT2D eigenvalue weighted by Gasteiger charge is 2.17. The Morgan fingerprint density at radius 1 is 0.643 bits per heavy atom. The number of rotatable bonds is 5. The minimum absolute atomic E-state index is 0.602. The molecule has 4 rings (SSSR count). The highest BCUT2D eigenvalue weighted by Crippen LogP contribution is 2.32. The molecule has 0 saturated heterocycles. The number of hydrogen-bond donors (Lipinski definition) is 0. The van der Waals surface area contributed by atoms with Gasteiger partial charge in [-0.25, -0.2) is 0 Å². The van der Waals surface area contributed by atoms with Crippen LogP contribution in [0.25, 0.3) is 11.1 Å². The van der Waals surface area contributed by atoms with Crippen molar-refractivity contribution in [2.45, 2.75) is 45.4 Å². The van der Waals surface area contributed by atoms with Crippen LogP contribution >= 0.6 is 0 Å². The lowest BCUT2D eigenvalue weighted by Crippen LogP contribution is -2.08. The van der Waals surface area contributed by atoms with Crippen molar-refractivity contribution in [2.24, 2.45) is 5.92 Å². The molecule has 2 unspecified atom stereocenters. The van der Waals surface area contributed by atoms with Gasteiger partial charge in [-0.05, 0) is 67.7 Å². The van der Waals surface area contributed by atoms with Gasteiger partial charge in [-0.2, -0.15) is 0 Å². The first-order valence-electron chi connectivity index (χ1n) is 10.6. The first-order valence-corrected chi connectivity index (χ1v) is 10.6. The Bertz CT molecular complexity index is 911. The second-order valence-corrected chi connectivity index (χ2v) is 8.34. The third-order valence-corrected chi connectivity index (χ3v) is 6.11. The van der Waals surface area contributed by atoms with Gasteiger partial charge in [-0.1, -0.05) is 96.1 Å². The summed E-state index contributed by atoms with van der Waals surface area (Å²) in [5, 5.41) is 0. The maximum atomic E-state index is 2.47. The van der Waals surface area contributed by atoms with E-state index in [2.05, 4.69) is 98.8 Å². The molecule has 0 fully saturated rings. The summed E-state index contributed by atoms with van der Waals surface area (Å²) in [6.45, 7) is 4.29. The van der Waals surface area contributed by atoms with E-state index in [-0.39, 0.29) is 0 Å². The third-order valence-electron chi connectivity index (χ3n) is 6.11. The third kappa shape index (κ3) is 4.62. The molecule has 0 heteroatoms. The van der Waals surface area contributed by atoms with Crippen molar-refractivity contribution in [3.63, 3.8) is 0 Å². The molecule has 3 aromatic rings. The van der Waals surface area contributed by atoms with Gasteiger partial charge in [0.15, 0.2) is 0 Å². The molecule has 1 aliphatic rings. The van der Waals surface area contributed by atoms with Crippen molar-refractivity contribution in [2.75, 3.05) is 0 Å². The largest absolute Gasteiger partial charge is 0.0848 e. The molecule has 3 aromatic carbocycles. The van der Waals surface area contributed by atoms with Crippen molar-refractivity contribution in [1.82, 2.24) is 0 Å². The lowest BCUT2D eigenvalue weighted by Gasteiger charge is -2.23. The van der Waals surface area contributed by atoms with Crippen LogP contribution in [0.5, 0.6) is 0 Å². The smallest absolute Gasteiger partial charge is 0.00182 e. The zero-order valence-electron chi connectivity index (χ0n) is 17.1. The van der Waals surface area contributed by atoms with Crippen LogP contribution in [-0.2, 0) is 6.42 Å². The number of aryl methyl sites for hydroxylation is 3. The minimum Gasteiger partial charge on any atom is -0.0848 e. The van der Waals surface area contributed by atoms with E-state index in [9.17, 15) is 0 Å². The Morgan fingerprint density at radius 2 is 1.21 bits per heavy atom. The summed E-state index contributed by atoms with van der Waals surface area (Å²) in [4.78, 5) is 0. The fourth-order valence-corrected chi connectivity index (χ4v) is 4.17. The molecule has 0 radical (unpaired) electrons. The number of allylic oxidation sites excluding steroid dienone is 2. The van der Waals surface area contributed by atoms with Crippen LogP contribution in [0.2, 0.25) is 0 Å². The average molecular weight is 367 g/mol. The Labute approximate surface area is 169 Å². The summed E-state index contributed by atoms with van der Waals surface area (Å²) in [6.07, 6.45) is 9.90. The maximum absolute atomic E-state index is 2.47. The van der Waals surface area contributed by atoms with E-state index in [4.69, 9.17) is 0 Å². The van der Waals surface area contributed by atoms with Gasteiger partial charge in [-0.15, -0.1) is 0 Å². The van der Waals surface area contributed by atoms with Gasteiger partial charge in [-0.3, -0.25) is 0 Å². The Balaban J connectivity index is 1.32. The standard InChI is InChI=1S/C28H30/c1-21-3-13-25(14-4-21)27-17-9-23(10-18-27)7-8-24-11-19-28(20-12-24)26-15-5-22(2)6-16-26/h3-6,9-11,13-19,24,28H,7-8,12,20H2,1-2H3. The molecule has 0 saturated carbocycles. The van der Waals surface area contributed by atoms with Crippen molar-refractivity contribution in [3.05, 3.63) is 107 Å². The summed E-state index contributed by atoms with van der Waals surface area (Å²) in [5.41, 5.74) is 8.18. The number of benzene rings is 3. The molecule has 28 heavy (non-hydrogen) atoms. The SMILES string of the molecule is Cc1ccc(-c2ccc(CCC3C=CC(c4ccc(C)cc4)CC3)cc2)cc1. The van der Waals surface area contributed by atoms with Crippen molar-refractivity contribution in [1.29, 1.82) is 0 Å². The molecule has 0 amide bonds. The lowest BCUT2D eigenvalue weighted by molar-refractivity contribution is 0.482. The Hall–Kier alpha value is -2.60. The zero-order valence-corrected chi connectivity index (χ0v) is 17.1. The molecule has 0 N–H and O–H groups in total. The predicted molar refractivity (Wildman–Crippen MR) is 121 cm³/mol. The van der Waals surface area contributed by atoms with Crippen LogP contribution in [0.4, 0.5) is 0 Å². The topological polar surface area (TPSA) is 0 Å². The predicted octanol–water partition coefficient (Wildman–Crippen LogP) is 7.65. The van der Waals surface area contributed by atoms with E-state index < -0.39 is 0 Å². The summed E-state index contributed by atoms with van der Waals surface area (Å²) in [5.74, 6) is 1.32. The molecule has 142 valence electrons. The van der Waals surface area contributed by atoms with Crippen LogP contribution in [0.1, 0.15) is 47.4 Å². The highest BCUT2D eigenvalue weighted by atomic mass is 14.2. The molecular formula is C28H30. The molecule has 0 aliphatic heterocycles. The fraction of sp³-hybridized carbons (Fsp3) is 0.286. The lowest BCUT2D eigenvalue weighted by atomic mass is 9.82. The van der Waals surface area contributed by atoms with Gasteiger partial charge in [0, 0.05) is 5.92 Å². The van der Waals surface area contributed by atoms with E-state index in [0.29, 0.717) is 5.92 Å². The Morgan fingerprint density at radius 3 is 1.79 bits per heavy atom. The van der Waals surface area contributed by atoms with E-state index in [0.717, 1.165) is 5.92 Å². The molecular weight excluding hydrogens is 336 g/mol. The second kappa shape index (κ2) is 8.61. The van der Waals surface area contributed by atoms with Crippen molar-refractivity contribution >= 4 is 0 Å². The average Bonchev–Trinajstić information content (AvgIpc) is 2.74. The van der Waals surface area contributed by atoms with Crippen LogP contribution in [0.15, 0.2) is 84.9 Å². The maximum Gasteiger partial charge on any atom is 0.00182 e. The van der Waals surface area contributed by atoms with E-state index in [1.54, 1.807) is 0 Å². The molecule has 0 spiro atoms. The number of hydrogen-bond acceptors (Lipinski definition) is 0. The highest BCUT2D eigenvalue weighted by molar-refractivity contribution is 5.63. The fourth-order valence-electron chi connectivity index (χ4n) is 4.17. The normalized spacial score (nSPS) is 18.9. The molecule has 0 bridgehead atoms. The van der Waals surface area contributed by atoms with Crippen LogP contribution in [0.3, 0.4) is 0 Å². The summed E-state index contributed by atoms with van der Waals surface area (Å²) in [6, 6.07) is 27.0. The van der Waals surface area contributed by atoms with Gasteiger partial charge in [0.25, 0.3) is 0 Å². The van der Waals surface area contributed by atoms with Gasteiger partial charge in [0.2, 0.25) is 0 Å². The second-order valence-electron chi connectivity index (χ2n) is 8.34. The molecule has 1 aliphatic carbocycles. The van der Waals surface area contributed by atoms with Gasteiger partial charge >= 0.3 is 0 Å². The molecule has 2 atom stereocenters. The first kappa shape index (κ1) is 18.7. The van der Waals surface area contributed by atoms with Gasteiger partial charge in [0.05, 0.1) is 0 Å². The van der Waals surface area contributed by atoms with Crippen molar-refractivity contribution in [3.8, 4) is 11.1 Å². The van der Waals surface area contributed by atoms with Crippen LogP contribution < -0.4 is 0 Å². The quantitative estimate of drug-likeness (QED) is 0.407. The molecule has 0 heterocycles. The van der Waals surface area contributed by atoms with Gasteiger partial charge in [0.1, 0.15) is 0 Å². The van der Waals surface area contributed by atoms with Gasteiger partial charge < -0.3 is 0 Å². The Kier molecular flexibility index (Phi) is 5.76. The van der Waals surface area contributed by atoms with Crippen LogP contribution in [-0.4, -0.2) is 0 Å².